The number of allylic oxidation sites excluding steroid dienone is 10. The molecule has 0 amide bonds. The Morgan fingerprint density at radius 3 is 2.28 bits per heavy atom. The molecular weight excluding hydrogens is 637 g/mol. The Kier molecular flexibility index (Phi) is 25.3. The number of hydrogen-bond acceptors (Lipinski definition) is 5. The fourth-order valence-electron chi connectivity index (χ4n) is 5.10. The Morgan fingerprint density at radius 2 is 1.64 bits per heavy atom. The number of unbranched alkanes of at least 4 members (excludes halogenated alkanes) is 1. The van der Waals surface area contributed by atoms with E-state index in [9.17, 15) is 0 Å². The molecule has 0 unspecified atom stereocenters. The van der Waals surface area contributed by atoms with Gasteiger partial charge in [0.2, 0.25) is 0 Å². The molecule has 0 radical (unpaired) electrons. The number of nitrogens with zero attached hydrogens (tertiary/aromatic N) is 2. The Bertz CT molecular complexity index is 1400. The SMILES string of the molecule is C=NC1=C(SCC(/C=C\C)=C/C=C(\C)C/C=C\C=C/CC)N(Cc2ccc(COc3ccc(CCCC)cc3)cc2)CCCC1.CC.O=CO. The Balaban J connectivity index is 0.00000237. The molecule has 1 N–H and O–H groups in total. The molecule has 0 fully saturated rings. The second-order valence-electron chi connectivity index (χ2n) is 11.8. The Labute approximate surface area is 308 Å². The molecule has 2 aromatic rings. The molecule has 1 aliphatic heterocycles. The van der Waals surface area contributed by atoms with Crippen molar-refractivity contribution in [2.75, 3.05) is 12.3 Å². The monoisotopic (exact) mass is 698 g/mol. The van der Waals surface area contributed by atoms with Gasteiger partial charge >= 0.3 is 0 Å². The van der Waals surface area contributed by atoms with Crippen LogP contribution in [-0.2, 0) is 24.4 Å². The summed E-state index contributed by atoms with van der Waals surface area (Å²) in [6.45, 7) is 18.8. The van der Waals surface area contributed by atoms with E-state index in [1.54, 1.807) is 0 Å². The van der Waals surface area contributed by atoms with Gasteiger partial charge in [-0.05, 0) is 99.9 Å². The Hall–Kier alpha value is -4.03. The molecule has 6 heteroatoms. The summed E-state index contributed by atoms with van der Waals surface area (Å²) >= 11 is 1.89. The summed E-state index contributed by atoms with van der Waals surface area (Å²) in [6.07, 6.45) is 26.4. The van der Waals surface area contributed by atoms with Gasteiger partial charge in [0.05, 0.1) is 10.7 Å². The zero-order valence-electron chi connectivity index (χ0n) is 31.6. The maximum absolute atomic E-state index is 8.36. The molecular formula is C44H62N2O3S. The first-order chi connectivity index (χ1) is 24.5. The van der Waals surface area contributed by atoms with Gasteiger partial charge in [-0.1, -0.05) is 125 Å². The van der Waals surface area contributed by atoms with Gasteiger partial charge in [-0.3, -0.25) is 9.79 Å². The number of benzene rings is 2. The molecule has 272 valence electrons. The zero-order valence-corrected chi connectivity index (χ0v) is 32.4. The van der Waals surface area contributed by atoms with Crippen LogP contribution in [0.25, 0.3) is 0 Å². The van der Waals surface area contributed by atoms with E-state index in [0.717, 1.165) is 68.8 Å². The van der Waals surface area contributed by atoms with Crippen molar-refractivity contribution in [2.24, 2.45) is 4.99 Å². The van der Waals surface area contributed by atoms with Crippen LogP contribution in [0.2, 0.25) is 0 Å². The smallest absolute Gasteiger partial charge is 0.290 e. The number of aliphatic imine (C=N–C) groups is 1. The van der Waals surface area contributed by atoms with Crippen LogP contribution in [0.1, 0.15) is 103 Å². The fraction of sp³-hybridized carbons (Fsp3) is 0.409. The second-order valence-corrected chi connectivity index (χ2v) is 12.7. The molecule has 0 aromatic heterocycles. The quantitative estimate of drug-likeness (QED) is 0.0954. The topological polar surface area (TPSA) is 62.1 Å². The highest BCUT2D eigenvalue weighted by atomic mass is 32.2. The molecule has 0 atom stereocenters. The van der Waals surface area contributed by atoms with Gasteiger partial charge in [-0.25, -0.2) is 0 Å². The van der Waals surface area contributed by atoms with E-state index >= 15 is 0 Å². The van der Waals surface area contributed by atoms with Crippen LogP contribution < -0.4 is 4.74 Å². The average molecular weight is 699 g/mol. The number of carbonyl (C=O) groups is 1. The van der Waals surface area contributed by atoms with Crippen LogP contribution >= 0.6 is 11.8 Å². The van der Waals surface area contributed by atoms with Crippen LogP contribution in [0.4, 0.5) is 0 Å². The van der Waals surface area contributed by atoms with Crippen molar-refractivity contribution in [1.29, 1.82) is 0 Å². The minimum atomic E-state index is -0.250. The summed E-state index contributed by atoms with van der Waals surface area (Å²) in [7, 11) is 0. The van der Waals surface area contributed by atoms with Crippen LogP contribution in [0.3, 0.4) is 0 Å². The third kappa shape index (κ3) is 18.7. The van der Waals surface area contributed by atoms with Gasteiger partial charge in [-0.2, -0.15) is 0 Å². The first kappa shape index (κ1) is 44.0. The van der Waals surface area contributed by atoms with Crippen molar-refractivity contribution in [3.63, 3.8) is 0 Å². The van der Waals surface area contributed by atoms with E-state index in [2.05, 4.69) is 141 Å². The van der Waals surface area contributed by atoms with Crippen molar-refractivity contribution in [2.45, 2.75) is 106 Å². The highest BCUT2D eigenvalue weighted by Crippen LogP contribution is 2.33. The number of thioether (sulfide) groups is 1. The van der Waals surface area contributed by atoms with E-state index in [4.69, 9.17) is 14.6 Å². The lowest BCUT2D eigenvalue weighted by atomic mass is 10.1. The molecule has 5 nitrogen and oxygen atoms in total. The van der Waals surface area contributed by atoms with Crippen LogP contribution in [0.5, 0.6) is 5.75 Å². The van der Waals surface area contributed by atoms with Crippen molar-refractivity contribution in [3.8, 4) is 5.75 Å². The lowest BCUT2D eigenvalue weighted by Crippen LogP contribution is -2.22. The first-order valence-electron chi connectivity index (χ1n) is 18.2. The summed E-state index contributed by atoms with van der Waals surface area (Å²) in [5, 5.41) is 8.15. The van der Waals surface area contributed by atoms with E-state index in [0.29, 0.717) is 6.61 Å². The van der Waals surface area contributed by atoms with Gasteiger partial charge < -0.3 is 14.7 Å². The predicted molar refractivity (Wildman–Crippen MR) is 219 cm³/mol. The minimum Gasteiger partial charge on any atom is -0.489 e. The third-order valence-electron chi connectivity index (χ3n) is 7.76. The standard InChI is InChI=1S/C41H54N2OS.C2H6.CH2O2/c1-6-9-11-12-13-17-34(4)20-21-38(16-8-3)33-45-41-40(42-5)19-14-15-30-43(41)31-36-22-24-37(25-23-36)32-44-39-28-26-35(27-29-39)18-10-7-2;1-2;2-1-3/h8-9,11-13,16,20-29H,5-7,10,14-15,17-19,30-33H2,1-4H3;1-2H3;1H,(H,2,3)/b11-9-,13-12-,16-8-,34-20+,38-21+;;. The average Bonchev–Trinajstić information content (AvgIpc) is 3.34. The molecule has 2 aromatic carbocycles. The summed E-state index contributed by atoms with van der Waals surface area (Å²) in [4.78, 5) is 15.4. The zero-order chi connectivity index (χ0) is 36.8. The molecule has 0 saturated carbocycles. The molecule has 1 heterocycles. The Morgan fingerprint density at radius 1 is 0.980 bits per heavy atom. The minimum absolute atomic E-state index is 0.250. The summed E-state index contributed by atoms with van der Waals surface area (Å²) < 4.78 is 6.08. The van der Waals surface area contributed by atoms with Crippen LogP contribution in [0, 0.1) is 0 Å². The van der Waals surface area contributed by atoms with Crippen molar-refractivity contribution >= 4 is 25.0 Å². The largest absolute Gasteiger partial charge is 0.489 e. The lowest BCUT2D eigenvalue weighted by molar-refractivity contribution is -0.122. The predicted octanol–water partition coefficient (Wildman–Crippen LogP) is 12.3. The molecule has 0 aliphatic carbocycles. The highest BCUT2D eigenvalue weighted by Gasteiger charge is 2.19. The van der Waals surface area contributed by atoms with Crippen LogP contribution in [-0.4, -0.2) is 35.5 Å². The number of hydrogen-bond donors (Lipinski definition) is 1. The molecule has 0 bridgehead atoms. The van der Waals surface area contributed by atoms with Crippen molar-refractivity contribution in [1.82, 2.24) is 4.90 Å². The molecule has 0 saturated heterocycles. The maximum atomic E-state index is 8.36. The molecule has 50 heavy (non-hydrogen) atoms. The van der Waals surface area contributed by atoms with Gasteiger partial charge in [0.1, 0.15) is 12.4 Å². The second kappa shape index (κ2) is 28.8. The highest BCUT2D eigenvalue weighted by molar-refractivity contribution is 8.03. The van der Waals surface area contributed by atoms with E-state index in [1.165, 1.54) is 45.7 Å². The van der Waals surface area contributed by atoms with Gasteiger partial charge in [0, 0.05) is 18.8 Å². The van der Waals surface area contributed by atoms with E-state index < -0.39 is 0 Å². The van der Waals surface area contributed by atoms with Gasteiger partial charge in [0.25, 0.3) is 6.47 Å². The maximum Gasteiger partial charge on any atom is 0.290 e. The summed E-state index contributed by atoms with van der Waals surface area (Å²) in [5.41, 5.74) is 7.63. The van der Waals surface area contributed by atoms with Gasteiger partial charge in [0.15, 0.2) is 0 Å². The van der Waals surface area contributed by atoms with Crippen molar-refractivity contribution < 1.29 is 14.6 Å². The van der Waals surface area contributed by atoms with Crippen molar-refractivity contribution in [3.05, 3.63) is 136 Å². The normalized spacial score (nSPS) is 13.9. The van der Waals surface area contributed by atoms with E-state index in [-0.39, 0.29) is 6.47 Å². The van der Waals surface area contributed by atoms with Crippen LogP contribution in [0.15, 0.2) is 124 Å². The fourth-order valence-corrected chi connectivity index (χ4v) is 6.27. The lowest BCUT2D eigenvalue weighted by Gasteiger charge is -2.27. The number of aryl methyl sites for hydroxylation is 1. The first-order valence-corrected chi connectivity index (χ1v) is 19.2. The summed E-state index contributed by atoms with van der Waals surface area (Å²) in [6, 6.07) is 17.4. The summed E-state index contributed by atoms with van der Waals surface area (Å²) in [5.74, 6) is 1.82. The molecule has 1 aliphatic rings. The van der Waals surface area contributed by atoms with Gasteiger partial charge in [-0.15, -0.1) is 11.8 Å². The van der Waals surface area contributed by atoms with E-state index in [1.807, 2.05) is 25.6 Å². The molecule has 0 spiro atoms. The number of carboxylic acid groups (broad SMARTS) is 1. The number of ether oxygens (including phenoxy) is 1. The molecule has 3 rings (SSSR count). The third-order valence-corrected chi connectivity index (χ3v) is 9.00. The number of rotatable bonds is 18.